The second-order valence-corrected chi connectivity index (χ2v) is 14.5. The average Bonchev–Trinajstić information content (AvgIpc) is 3.74. The van der Waals surface area contributed by atoms with E-state index >= 15 is 0 Å². The Hall–Kier alpha value is -4.68. The molecule has 0 radical (unpaired) electrons. The highest BCUT2D eigenvalue weighted by atomic mass is 19.4. The minimum absolute atomic E-state index is 0.0117. The number of ether oxygens (including phenoxy) is 2. The molecule has 0 spiro atoms. The van der Waals surface area contributed by atoms with Crippen LogP contribution in [-0.4, -0.2) is 96.1 Å². The predicted octanol–water partition coefficient (Wildman–Crippen LogP) is 4.72. The summed E-state index contributed by atoms with van der Waals surface area (Å²) in [6.45, 7) is 7.10. The van der Waals surface area contributed by atoms with Crippen LogP contribution in [0.15, 0.2) is 30.1 Å². The maximum Gasteiger partial charge on any atom is 0.410 e. The predicted molar refractivity (Wildman–Crippen MR) is 177 cm³/mol. The highest BCUT2D eigenvalue weighted by Gasteiger charge is 2.45. The largest absolute Gasteiger partial charge is 0.444 e. The van der Waals surface area contributed by atoms with E-state index in [1.54, 1.807) is 20.8 Å². The number of piperidine rings is 1. The summed E-state index contributed by atoms with van der Waals surface area (Å²) in [5.41, 5.74) is 0.481. The zero-order valence-electron chi connectivity index (χ0n) is 29.8. The molecule has 0 aromatic carbocycles. The summed E-state index contributed by atoms with van der Waals surface area (Å²) in [7, 11) is 0. The van der Waals surface area contributed by atoms with Crippen molar-refractivity contribution in [2.45, 2.75) is 96.2 Å². The van der Waals surface area contributed by atoms with Gasteiger partial charge in [-0.25, -0.2) is 28.1 Å². The second kappa shape index (κ2) is 14.6. The van der Waals surface area contributed by atoms with Gasteiger partial charge in [0.05, 0.1) is 48.4 Å². The fourth-order valence-electron chi connectivity index (χ4n) is 6.71. The van der Waals surface area contributed by atoms with E-state index in [0.29, 0.717) is 12.1 Å². The van der Waals surface area contributed by atoms with Gasteiger partial charge in [0.25, 0.3) is 17.6 Å². The summed E-state index contributed by atoms with van der Waals surface area (Å²) < 4.78 is 84.0. The van der Waals surface area contributed by atoms with Gasteiger partial charge in [0.15, 0.2) is 0 Å². The number of alkyl halides is 5. The molecule has 1 unspecified atom stereocenters. The summed E-state index contributed by atoms with van der Waals surface area (Å²) in [6.07, 6.45) is -3.46. The van der Waals surface area contributed by atoms with Gasteiger partial charge in [-0.15, -0.1) is 0 Å². The van der Waals surface area contributed by atoms with Gasteiger partial charge < -0.3 is 25.0 Å². The Bertz CT molecular complexity index is 1890. The Kier molecular flexibility index (Phi) is 10.5. The molecule has 3 amide bonds. The summed E-state index contributed by atoms with van der Waals surface area (Å²) >= 11 is 0. The van der Waals surface area contributed by atoms with Crippen molar-refractivity contribution in [2.75, 3.05) is 26.2 Å². The van der Waals surface area contributed by atoms with Gasteiger partial charge in [-0.1, -0.05) is 6.08 Å². The molecule has 14 nitrogen and oxygen atoms in total. The van der Waals surface area contributed by atoms with E-state index in [-0.39, 0.29) is 61.1 Å². The summed E-state index contributed by atoms with van der Waals surface area (Å²) in [6, 6.07) is 0.555. The summed E-state index contributed by atoms with van der Waals surface area (Å²) in [5, 5.41) is 14.1. The molecule has 5 heterocycles. The Morgan fingerprint density at radius 3 is 2.66 bits per heavy atom. The van der Waals surface area contributed by atoms with Gasteiger partial charge in [-0.2, -0.15) is 23.4 Å². The number of carbonyl (C=O) groups excluding carboxylic acids is 3. The number of imidazole rings is 1. The molecule has 288 valence electrons. The number of allylic oxidation sites excluding steroid dienone is 1. The number of nitrogens with zero attached hydrogens (tertiary/aromatic N) is 7. The first-order valence-corrected chi connectivity index (χ1v) is 17.5. The third kappa shape index (κ3) is 8.76. The molecule has 6 rings (SSSR count). The van der Waals surface area contributed by atoms with Crippen LogP contribution >= 0.6 is 0 Å². The SMILES string of the molecule is CCn1nccc1C(=O)N[C@@H](C1=CCC(F)(F)CC1)c1cn2nc(C[C@H]3C[C@@H](C(F)(F)F)CNC3=O)c(C3CN(C(=O)OC(C)(C)C)CCO3)nc2n1. The molecular formula is C34H42F5N9O5. The third-order valence-electron chi connectivity index (χ3n) is 9.45. The van der Waals surface area contributed by atoms with E-state index in [9.17, 15) is 36.3 Å². The molecule has 0 saturated carbocycles. The lowest BCUT2D eigenvalue weighted by Crippen LogP contribution is -2.47. The number of hydrogen-bond acceptors (Lipinski definition) is 9. The van der Waals surface area contributed by atoms with Crippen molar-refractivity contribution in [1.29, 1.82) is 0 Å². The molecule has 53 heavy (non-hydrogen) atoms. The number of aromatic nitrogens is 6. The van der Waals surface area contributed by atoms with Crippen molar-refractivity contribution in [3.63, 3.8) is 0 Å². The van der Waals surface area contributed by atoms with Gasteiger partial charge >= 0.3 is 12.3 Å². The normalized spacial score (nSPS) is 23.0. The van der Waals surface area contributed by atoms with Gasteiger partial charge in [-0.3, -0.25) is 14.3 Å². The lowest BCUT2D eigenvalue weighted by Gasteiger charge is -2.34. The average molecular weight is 752 g/mol. The van der Waals surface area contributed by atoms with Crippen molar-refractivity contribution in [1.82, 2.24) is 44.9 Å². The van der Waals surface area contributed by atoms with Crippen LogP contribution in [0.1, 0.15) is 93.1 Å². The van der Waals surface area contributed by atoms with E-state index in [4.69, 9.17) is 14.5 Å². The first-order valence-electron chi connectivity index (χ1n) is 17.5. The lowest BCUT2D eigenvalue weighted by molar-refractivity contribution is -0.183. The molecule has 3 aromatic heterocycles. The Labute approximate surface area is 301 Å². The molecule has 3 aromatic rings. The molecule has 3 aliphatic rings. The third-order valence-corrected chi connectivity index (χ3v) is 9.45. The van der Waals surface area contributed by atoms with Crippen LogP contribution < -0.4 is 10.6 Å². The first-order chi connectivity index (χ1) is 24.9. The molecule has 1 aliphatic carbocycles. The van der Waals surface area contributed by atoms with Crippen molar-refractivity contribution in [3.05, 3.63) is 52.9 Å². The highest BCUT2D eigenvalue weighted by molar-refractivity contribution is 5.93. The molecule has 2 saturated heterocycles. The second-order valence-electron chi connectivity index (χ2n) is 14.5. The zero-order valence-corrected chi connectivity index (χ0v) is 29.8. The summed E-state index contributed by atoms with van der Waals surface area (Å²) in [5.74, 6) is -6.86. The fraction of sp³-hybridized carbons (Fsp3) is 0.618. The molecule has 4 atom stereocenters. The fourth-order valence-corrected chi connectivity index (χ4v) is 6.71. The number of halogens is 5. The van der Waals surface area contributed by atoms with E-state index < -0.39 is 85.4 Å². The quantitative estimate of drug-likeness (QED) is 0.246. The summed E-state index contributed by atoms with van der Waals surface area (Å²) in [4.78, 5) is 50.2. The highest BCUT2D eigenvalue weighted by Crippen LogP contribution is 2.38. The van der Waals surface area contributed by atoms with Crippen molar-refractivity contribution < 1.29 is 45.8 Å². The van der Waals surface area contributed by atoms with Crippen LogP contribution in [0, 0.1) is 11.8 Å². The number of aryl methyl sites for hydroxylation is 1. The first kappa shape index (κ1) is 38.1. The Balaban J connectivity index is 1.39. The van der Waals surface area contributed by atoms with Crippen LogP contribution in [-0.2, 0) is 27.2 Å². The number of nitrogens with one attached hydrogen (secondary N) is 2. The van der Waals surface area contributed by atoms with E-state index in [2.05, 4.69) is 25.8 Å². The number of carbonyl (C=O) groups is 3. The van der Waals surface area contributed by atoms with Crippen molar-refractivity contribution in [2.24, 2.45) is 11.8 Å². The monoisotopic (exact) mass is 751 g/mol. The maximum atomic E-state index is 14.2. The van der Waals surface area contributed by atoms with E-state index in [0.717, 1.165) is 0 Å². The Morgan fingerprint density at radius 2 is 1.98 bits per heavy atom. The van der Waals surface area contributed by atoms with Gasteiger partial charge in [0.1, 0.15) is 17.4 Å². The minimum Gasteiger partial charge on any atom is -0.444 e. The van der Waals surface area contributed by atoms with Gasteiger partial charge in [0.2, 0.25) is 5.91 Å². The zero-order chi connectivity index (χ0) is 38.3. The standard InChI is InChI=1S/C34H42F5N9O5/c1-5-47-24(8-11-41-47)29(50)43-26(19-6-9-33(35,36)10-7-19)23-17-48-30(42-23)44-27(25-18-46(12-13-52-25)31(51)53-32(2,3)4)22(45-48)15-20-14-21(34(37,38)39)16-40-28(20)49/h6,8,11,17,20-21,25-26H,5,7,9-10,12-16,18H2,1-4H3,(H,40,49)(H,43,50)/t20-,21-,25?,26+/m1/s1. The Morgan fingerprint density at radius 1 is 1.21 bits per heavy atom. The number of morpholine rings is 1. The van der Waals surface area contributed by atoms with Crippen LogP contribution in [0.3, 0.4) is 0 Å². The molecule has 2 N–H and O–H groups in total. The number of fused-ring (bicyclic) bond motifs is 1. The van der Waals surface area contributed by atoms with E-state index in [1.165, 1.54) is 38.6 Å². The lowest BCUT2D eigenvalue weighted by atomic mass is 9.85. The van der Waals surface area contributed by atoms with Gasteiger partial charge in [-0.05, 0) is 52.2 Å². The minimum atomic E-state index is -4.53. The number of rotatable bonds is 8. The van der Waals surface area contributed by atoms with Crippen molar-refractivity contribution >= 4 is 23.7 Å². The molecule has 2 fully saturated rings. The molecular weight excluding hydrogens is 709 g/mol. The molecule has 0 bridgehead atoms. The van der Waals surface area contributed by atoms with Crippen molar-refractivity contribution in [3.8, 4) is 0 Å². The van der Waals surface area contributed by atoms with Gasteiger partial charge in [0, 0.05) is 51.0 Å². The molecule has 19 heteroatoms. The number of hydrogen-bond donors (Lipinski definition) is 2. The van der Waals surface area contributed by atoms with Crippen LogP contribution in [0.25, 0.3) is 5.78 Å². The van der Waals surface area contributed by atoms with Crippen LogP contribution in [0.5, 0.6) is 0 Å². The van der Waals surface area contributed by atoms with Crippen LogP contribution in [0.4, 0.5) is 26.7 Å². The molecule has 2 aliphatic heterocycles. The van der Waals surface area contributed by atoms with Crippen LogP contribution in [0.2, 0.25) is 0 Å². The van der Waals surface area contributed by atoms with E-state index in [1.807, 2.05) is 6.92 Å². The maximum absolute atomic E-state index is 14.2. The smallest absolute Gasteiger partial charge is 0.410 e. The topological polar surface area (TPSA) is 158 Å². The number of amides is 3.